The van der Waals surface area contributed by atoms with Crippen LogP contribution >= 0.6 is 0 Å². The summed E-state index contributed by atoms with van der Waals surface area (Å²) in [6.07, 6.45) is 2.56. The van der Waals surface area contributed by atoms with E-state index in [1.807, 2.05) is 0 Å². The van der Waals surface area contributed by atoms with Crippen LogP contribution in [0.2, 0.25) is 0 Å². The van der Waals surface area contributed by atoms with Crippen molar-refractivity contribution < 1.29 is 4.79 Å². The number of hydrogen-bond donors (Lipinski definition) is 2. The van der Waals surface area contributed by atoms with Crippen molar-refractivity contribution >= 4 is 5.91 Å². The van der Waals surface area contributed by atoms with Crippen LogP contribution in [0.25, 0.3) is 0 Å². The van der Waals surface area contributed by atoms with Gasteiger partial charge in [-0.25, -0.2) is 0 Å². The first-order valence-electron chi connectivity index (χ1n) is 5.82. The minimum atomic E-state index is 0.0604. The molecule has 15 heavy (non-hydrogen) atoms. The van der Waals surface area contributed by atoms with E-state index >= 15 is 0 Å². The molecular weight excluding hydrogens is 190 g/mol. The predicted molar refractivity (Wildman–Crippen MR) is 61.8 cm³/mol. The maximum absolute atomic E-state index is 10.7. The van der Waals surface area contributed by atoms with Crippen molar-refractivity contribution in [2.45, 2.75) is 19.8 Å². The Hall–Kier alpha value is -0.610. The number of nitrogens with one attached hydrogen (secondary N) is 2. The highest BCUT2D eigenvalue weighted by Crippen LogP contribution is 2.12. The maximum atomic E-state index is 10.7. The topological polar surface area (TPSA) is 44.4 Å². The van der Waals surface area contributed by atoms with Crippen molar-refractivity contribution in [1.29, 1.82) is 0 Å². The van der Waals surface area contributed by atoms with Crippen molar-refractivity contribution in [3.63, 3.8) is 0 Å². The smallest absolute Gasteiger partial charge is 0.216 e. The first-order valence-corrected chi connectivity index (χ1v) is 5.82. The molecule has 0 bridgehead atoms. The summed E-state index contributed by atoms with van der Waals surface area (Å²) in [5.41, 5.74) is 0. The summed E-state index contributed by atoms with van der Waals surface area (Å²) in [5.74, 6) is 0.888. The Labute approximate surface area is 92.4 Å². The van der Waals surface area contributed by atoms with E-state index in [4.69, 9.17) is 0 Å². The zero-order valence-corrected chi connectivity index (χ0v) is 9.88. The predicted octanol–water partition coefficient (Wildman–Crippen LogP) is 0.0539. The van der Waals surface area contributed by atoms with Crippen LogP contribution in [0.4, 0.5) is 0 Å². The summed E-state index contributed by atoms with van der Waals surface area (Å²) >= 11 is 0. The first kappa shape index (κ1) is 12.5. The molecule has 4 nitrogen and oxygen atoms in total. The molecule has 1 saturated heterocycles. The number of piperidine rings is 1. The molecule has 1 aliphatic rings. The lowest BCUT2D eigenvalue weighted by Gasteiger charge is -2.27. The molecule has 0 radical (unpaired) electrons. The van der Waals surface area contributed by atoms with Gasteiger partial charge in [0.1, 0.15) is 0 Å². The van der Waals surface area contributed by atoms with Crippen LogP contribution in [0.1, 0.15) is 19.8 Å². The molecular formula is C11H23N3O. The minimum absolute atomic E-state index is 0.0604. The summed E-state index contributed by atoms with van der Waals surface area (Å²) in [7, 11) is 2.13. The second-order valence-electron chi connectivity index (χ2n) is 4.44. The van der Waals surface area contributed by atoms with Crippen molar-refractivity contribution in [2.75, 3.05) is 39.8 Å². The zero-order valence-electron chi connectivity index (χ0n) is 9.88. The molecule has 1 aliphatic heterocycles. The molecule has 88 valence electrons. The van der Waals surface area contributed by atoms with Crippen LogP contribution in [0, 0.1) is 5.92 Å². The number of rotatable bonds is 5. The molecule has 0 aromatic rings. The van der Waals surface area contributed by atoms with Gasteiger partial charge >= 0.3 is 0 Å². The monoisotopic (exact) mass is 213 g/mol. The van der Waals surface area contributed by atoms with Gasteiger partial charge in [0.2, 0.25) is 5.91 Å². The molecule has 1 rings (SSSR count). The zero-order chi connectivity index (χ0) is 11.1. The molecule has 0 spiro atoms. The molecule has 2 N–H and O–H groups in total. The van der Waals surface area contributed by atoms with Crippen molar-refractivity contribution in [2.24, 2.45) is 5.92 Å². The van der Waals surface area contributed by atoms with Crippen LogP contribution in [-0.4, -0.2) is 50.6 Å². The van der Waals surface area contributed by atoms with Crippen LogP contribution < -0.4 is 10.6 Å². The van der Waals surface area contributed by atoms with Gasteiger partial charge in [-0.05, 0) is 38.9 Å². The summed E-state index contributed by atoms with van der Waals surface area (Å²) in [4.78, 5) is 13.0. The van der Waals surface area contributed by atoms with Gasteiger partial charge in [0.05, 0.1) is 0 Å². The molecule has 0 atom stereocenters. The van der Waals surface area contributed by atoms with E-state index in [1.165, 1.54) is 12.8 Å². The van der Waals surface area contributed by atoms with Gasteiger partial charge in [-0.3, -0.25) is 4.79 Å². The second kappa shape index (κ2) is 6.80. The number of likely N-dealkylation sites (N-methyl/N-ethyl adjacent to an activating group) is 1. The summed E-state index contributed by atoms with van der Waals surface area (Å²) in [6.45, 7) is 6.74. The standard InChI is InChI=1S/C11H23N3O/c1-10(15)13-7-8-14(2)9-11-3-5-12-6-4-11/h11-12H,3-9H2,1-2H3,(H,13,15). The molecule has 1 heterocycles. The average molecular weight is 213 g/mol. The SMILES string of the molecule is CC(=O)NCCN(C)CC1CCNCC1. The van der Waals surface area contributed by atoms with Gasteiger partial charge in [0, 0.05) is 26.6 Å². The normalized spacial score (nSPS) is 18.1. The molecule has 4 heteroatoms. The maximum Gasteiger partial charge on any atom is 0.216 e. The Morgan fingerprint density at radius 1 is 1.47 bits per heavy atom. The van der Waals surface area contributed by atoms with Crippen molar-refractivity contribution in [3.8, 4) is 0 Å². The second-order valence-corrected chi connectivity index (χ2v) is 4.44. The van der Waals surface area contributed by atoms with Gasteiger partial charge < -0.3 is 15.5 Å². The number of hydrogen-bond acceptors (Lipinski definition) is 3. The fourth-order valence-corrected chi connectivity index (χ4v) is 2.02. The van der Waals surface area contributed by atoms with Crippen LogP contribution in [0.15, 0.2) is 0 Å². The van der Waals surface area contributed by atoms with E-state index in [0.717, 1.165) is 38.6 Å². The lowest BCUT2D eigenvalue weighted by atomic mass is 9.98. The van der Waals surface area contributed by atoms with E-state index < -0.39 is 0 Å². The fraction of sp³-hybridized carbons (Fsp3) is 0.909. The van der Waals surface area contributed by atoms with Crippen LogP contribution in [-0.2, 0) is 4.79 Å². The van der Waals surface area contributed by atoms with E-state index in [0.29, 0.717) is 0 Å². The third kappa shape index (κ3) is 5.74. The summed E-state index contributed by atoms with van der Waals surface area (Å²) in [6, 6.07) is 0. The van der Waals surface area contributed by atoms with Gasteiger partial charge in [0.15, 0.2) is 0 Å². The number of amides is 1. The quantitative estimate of drug-likeness (QED) is 0.678. The third-order valence-electron chi connectivity index (χ3n) is 2.90. The Balaban J connectivity index is 2.06. The van der Waals surface area contributed by atoms with E-state index in [1.54, 1.807) is 6.92 Å². The Bertz CT molecular complexity index is 190. The average Bonchev–Trinajstić information content (AvgIpc) is 2.18. The van der Waals surface area contributed by atoms with Crippen LogP contribution in [0.3, 0.4) is 0 Å². The molecule has 0 aliphatic carbocycles. The molecule has 0 aromatic heterocycles. The largest absolute Gasteiger partial charge is 0.355 e. The highest BCUT2D eigenvalue weighted by Gasteiger charge is 2.14. The first-order chi connectivity index (χ1) is 7.18. The Kier molecular flexibility index (Phi) is 5.65. The van der Waals surface area contributed by atoms with Gasteiger partial charge in [-0.15, -0.1) is 0 Å². The third-order valence-corrected chi connectivity index (χ3v) is 2.90. The lowest BCUT2D eigenvalue weighted by molar-refractivity contribution is -0.119. The van der Waals surface area contributed by atoms with Gasteiger partial charge in [0.25, 0.3) is 0 Å². The lowest BCUT2D eigenvalue weighted by Crippen LogP contribution is -2.37. The van der Waals surface area contributed by atoms with Crippen LogP contribution in [0.5, 0.6) is 0 Å². The fourth-order valence-electron chi connectivity index (χ4n) is 2.02. The van der Waals surface area contributed by atoms with E-state index in [-0.39, 0.29) is 5.91 Å². The molecule has 0 aromatic carbocycles. The Morgan fingerprint density at radius 3 is 2.73 bits per heavy atom. The van der Waals surface area contributed by atoms with E-state index in [2.05, 4.69) is 22.6 Å². The van der Waals surface area contributed by atoms with Crippen molar-refractivity contribution in [1.82, 2.24) is 15.5 Å². The number of nitrogens with zero attached hydrogens (tertiary/aromatic N) is 1. The highest BCUT2D eigenvalue weighted by atomic mass is 16.1. The Morgan fingerprint density at radius 2 is 2.13 bits per heavy atom. The summed E-state index contributed by atoms with van der Waals surface area (Å²) < 4.78 is 0. The molecule has 0 unspecified atom stereocenters. The van der Waals surface area contributed by atoms with Gasteiger partial charge in [-0.2, -0.15) is 0 Å². The number of carbonyl (C=O) groups is 1. The molecule has 1 fully saturated rings. The molecule has 1 amide bonds. The van der Waals surface area contributed by atoms with E-state index in [9.17, 15) is 4.79 Å². The highest BCUT2D eigenvalue weighted by molar-refractivity contribution is 5.72. The molecule has 0 saturated carbocycles. The summed E-state index contributed by atoms with van der Waals surface area (Å²) in [5, 5.41) is 6.19. The van der Waals surface area contributed by atoms with Gasteiger partial charge in [-0.1, -0.05) is 0 Å². The number of carbonyl (C=O) groups excluding carboxylic acids is 1. The minimum Gasteiger partial charge on any atom is -0.355 e. The van der Waals surface area contributed by atoms with Crippen molar-refractivity contribution in [3.05, 3.63) is 0 Å².